The Hall–Kier alpha value is -0.350. The minimum atomic E-state index is -0.00847. The zero-order chi connectivity index (χ0) is 12.4. The minimum Gasteiger partial charge on any atom is -0.335 e. The Morgan fingerprint density at radius 3 is 2.94 bits per heavy atom. The number of nitrogens with zero attached hydrogens (tertiary/aromatic N) is 1. The van der Waals surface area contributed by atoms with Gasteiger partial charge in [-0.2, -0.15) is 0 Å². The summed E-state index contributed by atoms with van der Waals surface area (Å²) in [6.07, 6.45) is 2.01. The first-order chi connectivity index (χ1) is 8.09. The number of benzene rings is 1. The van der Waals surface area contributed by atoms with E-state index in [9.17, 15) is 4.79 Å². The van der Waals surface area contributed by atoms with Crippen molar-refractivity contribution in [3.8, 4) is 0 Å². The lowest BCUT2D eigenvalue weighted by Crippen LogP contribution is -2.43. The molecule has 0 radical (unpaired) electrons. The first kappa shape index (κ1) is 13.1. The van der Waals surface area contributed by atoms with Crippen LogP contribution in [-0.4, -0.2) is 22.2 Å². The van der Waals surface area contributed by atoms with Crippen molar-refractivity contribution in [2.24, 2.45) is 0 Å². The van der Waals surface area contributed by atoms with Gasteiger partial charge in [-0.3, -0.25) is 4.79 Å². The van der Waals surface area contributed by atoms with E-state index in [1.165, 1.54) is 5.56 Å². The van der Waals surface area contributed by atoms with Crippen LogP contribution in [0.3, 0.4) is 0 Å². The minimum absolute atomic E-state index is 0.00847. The Morgan fingerprint density at radius 2 is 2.24 bits per heavy atom. The molecule has 4 heteroatoms. The van der Waals surface area contributed by atoms with E-state index in [0.29, 0.717) is 0 Å². The molecule has 2 unspecified atom stereocenters. The number of hydrogen-bond acceptors (Lipinski definition) is 1. The van der Waals surface area contributed by atoms with E-state index in [2.05, 4.69) is 50.9 Å². The maximum absolute atomic E-state index is 12.1. The molecule has 1 aromatic carbocycles. The highest BCUT2D eigenvalue weighted by Gasteiger charge is 2.30. The van der Waals surface area contributed by atoms with Crippen molar-refractivity contribution in [3.63, 3.8) is 0 Å². The van der Waals surface area contributed by atoms with Gasteiger partial charge < -0.3 is 4.90 Å². The van der Waals surface area contributed by atoms with Crippen LogP contribution in [0, 0.1) is 0 Å². The van der Waals surface area contributed by atoms with Gasteiger partial charge in [0, 0.05) is 11.0 Å². The molecule has 0 bridgehead atoms. The van der Waals surface area contributed by atoms with Crippen LogP contribution >= 0.6 is 31.9 Å². The number of amides is 1. The van der Waals surface area contributed by atoms with Gasteiger partial charge in [-0.25, -0.2) is 0 Å². The smallest absolute Gasteiger partial charge is 0.236 e. The Balaban J connectivity index is 2.19. The van der Waals surface area contributed by atoms with Crippen molar-refractivity contribution < 1.29 is 4.79 Å². The Bertz CT molecular complexity index is 422. The SMILES string of the molecule is CC(c1cccc(Br)c1)N1CCCC(Br)C1=O. The van der Waals surface area contributed by atoms with Gasteiger partial charge in [0.25, 0.3) is 0 Å². The fourth-order valence-corrected chi connectivity index (χ4v) is 3.19. The number of piperidine rings is 1. The summed E-state index contributed by atoms with van der Waals surface area (Å²) in [6.45, 7) is 2.94. The largest absolute Gasteiger partial charge is 0.335 e. The van der Waals surface area contributed by atoms with Gasteiger partial charge >= 0.3 is 0 Å². The molecule has 1 aliphatic rings. The third-order valence-electron chi connectivity index (χ3n) is 3.21. The van der Waals surface area contributed by atoms with Gasteiger partial charge in [0.2, 0.25) is 5.91 Å². The summed E-state index contributed by atoms with van der Waals surface area (Å²) in [5.41, 5.74) is 1.18. The third-order valence-corrected chi connectivity index (χ3v) is 4.55. The van der Waals surface area contributed by atoms with Crippen molar-refractivity contribution >= 4 is 37.8 Å². The summed E-state index contributed by atoms with van der Waals surface area (Å²) in [5, 5.41) is 0. The molecule has 1 amide bonds. The summed E-state index contributed by atoms with van der Waals surface area (Å²) < 4.78 is 1.06. The van der Waals surface area contributed by atoms with E-state index < -0.39 is 0 Å². The summed E-state index contributed by atoms with van der Waals surface area (Å²) in [4.78, 5) is 14.0. The molecule has 1 aromatic rings. The molecule has 0 saturated carbocycles. The Morgan fingerprint density at radius 1 is 1.47 bits per heavy atom. The van der Waals surface area contributed by atoms with Crippen LogP contribution in [0.1, 0.15) is 31.4 Å². The maximum atomic E-state index is 12.1. The van der Waals surface area contributed by atoms with E-state index >= 15 is 0 Å². The molecule has 17 heavy (non-hydrogen) atoms. The second-order valence-corrected chi connectivity index (χ2v) is 6.39. The highest BCUT2D eigenvalue weighted by atomic mass is 79.9. The van der Waals surface area contributed by atoms with Crippen molar-refractivity contribution in [2.75, 3.05) is 6.54 Å². The molecular formula is C13H15Br2NO. The van der Waals surface area contributed by atoms with Crippen LogP contribution in [-0.2, 0) is 4.79 Å². The van der Waals surface area contributed by atoms with Gasteiger partial charge in [-0.1, -0.05) is 44.0 Å². The van der Waals surface area contributed by atoms with Crippen LogP contribution < -0.4 is 0 Å². The Kier molecular flexibility index (Phi) is 4.26. The fourth-order valence-electron chi connectivity index (χ4n) is 2.19. The standard InChI is InChI=1S/C13H15Br2NO/c1-9(10-4-2-5-11(14)8-10)16-7-3-6-12(15)13(16)17/h2,4-5,8-9,12H,3,6-7H2,1H3. The van der Waals surface area contributed by atoms with Crippen molar-refractivity contribution in [1.82, 2.24) is 4.90 Å². The number of halogens is 2. The van der Waals surface area contributed by atoms with Gasteiger partial charge in [-0.05, 0) is 37.5 Å². The van der Waals surface area contributed by atoms with Crippen molar-refractivity contribution in [3.05, 3.63) is 34.3 Å². The lowest BCUT2D eigenvalue weighted by atomic mass is 10.0. The van der Waals surface area contributed by atoms with Gasteiger partial charge in [0.15, 0.2) is 0 Å². The lowest BCUT2D eigenvalue weighted by molar-refractivity contribution is -0.134. The quantitative estimate of drug-likeness (QED) is 0.732. The fraction of sp³-hybridized carbons (Fsp3) is 0.462. The molecule has 92 valence electrons. The zero-order valence-corrected chi connectivity index (χ0v) is 12.9. The van der Waals surface area contributed by atoms with E-state index in [4.69, 9.17) is 0 Å². The number of likely N-dealkylation sites (tertiary alicyclic amines) is 1. The molecule has 0 aliphatic carbocycles. The topological polar surface area (TPSA) is 20.3 Å². The first-order valence-corrected chi connectivity index (χ1v) is 7.50. The molecule has 1 saturated heterocycles. The molecule has 2 nitrogen and oxygen atoms in total. The molecule has 1 fully saturated rings. The number of carbonyl (C=O) groups excluding carboxylic acids is 1. The lowest BCUT2D eigenvalue weighted by Gasteiger charge is -2.35. The van der Waals surface area contributed by atoms with Crippen LogP contribution in [0.5, 0.6) is 0 Å². The monoisotopic (exact) mass is 359 g/mol. The summed E-state index contributed by atoms with van der Waals surface area (Å²) >= 11 is 6.92. The van der Waals surface area contributed by atoms with Gasteiger partial charge in [0.05, 0.1) is 10.9 Å². The molecule has 1 aliphatic heterocycles. The van der Waals surface area contributed by atoms with Gasteiger partial charge in [-0.15, -0.1) is 0 Å². The Labute approximate surface area is 119 Å². The van der Waals surface area contributed by atoms with Crippen LogP contribution in [0.2, 0.25) is 0 Å². The molecule has 0 spiro atoms. The van der Waals surface area contributed by atoms with Gasteiger partial charge in [0.1, 0.15) is 0 Å². The van der Waals surface area contributed by atoms with Crippen molar-refractivity contribution in [1.29, 1.82) is 0 Å². The van der Waals surface area contributed by atoms with E-state index in [-0.39, 0.29) is 16.8 Å². The molecule has 0 N–H and O–H groups in total. The second-order valence-electron chi connectivity index (χ2n) is 4.37. The summed E-state index contributed by atoms with van der Waals surface area (Å²) in [6, 6.07) is 8.30. The highest BCUT2D eigenvalue weighted by molar-refractivity contribution is 9.10. The van der Waals surface area contributed by atoms with E-state index in [1.54, 1.807) is 0 Å². The molecule has 2 atom stereocenters. The number of rotatable bonds is 2. The van der Waals surface area contributed by atoms with Crippen molar-refractivity contribution in [2.45, 2.75) is 30.6 Å². The number of carbonyl (C=O) groups is 1. The average molecular weight is 361 g/mol. The zero-order valence-electron chi connectivity index (χ0n) is 9.70. The van der Waals surface area contributed by atoms with E-state index in [0.717, 1.165) is 23.9 Å². The predicted octanol–water partition coefficient (Wildman–Crippen LogP) is 3.90. The summed E-state index contributed by atoms with van der Waals surface area (Å²) in [7, 11) is 0. The van der Waals surface area contributed by atoms with Crippen LogP contribution in [0.4, 0.5) is 0 Å². The third kappa shape index (κ3) is 2.91. The van der Waals surface area contributed by atoms with E-state index in [1.807, 2.05) is 17.0 Å². The summed E-state index contributed by atoms with van der Waals surface area (Å²) in [5.74, 6) is 0.212. The van der Waals surface area contributed by atoms with Crippen LogP contribution in [0.15, 0.2) is 28.7 Å². The predicted molar refractivity (Wildman–Crippen MR) is 76.2 cm³/mol. The molecule has 1 heterocycles. The highest BCUT2D eigenvalue weighted by Crippen LogP contribution is 2.28. The second kappa shape index (κ2) is 5.53. The average Bonchev–Trinajstić information content (AvgIpc) is 2.32. The normalized spacial score (nSPS) is 22.6. The van der Waals surface area contributed by atoms with Crippen LogP contribution in [0.25, 0.3) is 0 Å². The number of alkyl halides is 1. The molecular weight excluding hydrogens is 346 g/mol. The maximum Gasteiger partial charge on any atom is 0.236 e. The molecule has 2 rings (SSSR count). The number of hydrogen-bond donors (Lipinski definition) is 0. The first-order valence-electron chi connectivity index (χ1n) is 5.79. The molecule has 0 aromatic heterocycles.